The standard InChI is InChI=1S/C28H28ClF2NO5/c1-35-24-9-10-26(32-27(24)18-3-7-21(30)20(29)15-18)28(31,19-5-6-19)12-11-22(34)17-4-8-23(37-14-13-33)25(16-17)36-2/h3-4,7-10,15-16,19,33H,5-6,11-14H2,1-2H3. The van der Waals surface area contributed by atoms with Crippen molar-refractivity contribution in [2.45, 2.75) is 31.4 Å². The lowest BCUT2D eigenvalue weighted by molar-refractivity contribution is 0.0848. The minimum atomic E-state index is -1.82. The second-order valence-electron chi connectivity index (χ2n) is 8.87. The van der Waals surface area contributed by atoms with Gasteiger partial charge in [-0.1, -0.05) is 11.6 Å². The van der Waals surface area contributed by atoms with E-state index in [0.717, 1.165) is 0 Å². The molecule has 4 rings (SSSR count). The van der Waals surface area contributed by atoms with Gasteiger partial charge in [0, 0.05) is 17.5 Å². The number of carbonyl (C=O) groups is 1. The number of carbonyl (C=O) groups excluding carboxylic acids is 1. The van der Waals surface area contributed by atoms with E-state index in [1.165, 1.54) is 32.4 Å². The Morgan fingerprint density at radius 3 is 2.46 bits per heavy atom. The van der Waals surface area contributed by atoms with Crippen LogP contribution in [0.2, 0.25) is 5.02 Å². The Hall–Kier alpha value is -3.23. The molecule has 6 nitrogen and oxygen atoms in total. The summed E-state index contributed by atoms with van der Waals surface area (Å²) in [4.78, 5) is 17.6. The van der Waals surface area contributed by atoms with E-state index in [-0.39, 0.29) is 48.5 Å². The number of pyridine rings is 1. The average molecular weight is 532 g/mol. The van der Waals surface area contributed by atoms with Gasteiger partial charge in [0.05, 0.1) is 31.5 Å². The molecule has 1 aliphatic rings. The number of halogens is 3. The second-order valence-corrected chi connectivity index (χ2v) is 9.28. The first-order valence-electron chi connectivity index (χ1n) is 12.0. The van der Waals surface area contributed by atoms with E-state index in [4.69, 9.17) is 30.9 Å². The quantitative estimate of drug-likeness (QED) is 0.282. The van der Waals surface area contributed by atoms with Crippen LogP contribution in [0.25, 0.3) is 11.3 Å². The third-order valence-electron chi connectivity index (χ3n) is 6.47. The normalized spacial score (nSPS) is 14.6. The van der Waals surface area contributed by atoms with Crippen molar-refractivity contribution < 1.29 is 32.9 Å². The molecule has 37 heavy (non-hydrogen) atoms. The van der Waals surface area contributed by atoms with Crippen molar-refractivity contribution in [1.29, 1.82) is 0 Å². The van der Waals surface area contributed by atoms with E-state index in [0.29, 0.717) is 46.9 Å². The van der Waals surface area contributed by atoms with Crippen molar-refractivity contribution >= 4 is 17.4 Å². The Balaban J connectivity index is 1.59. The molecule has 1 N–H and O–H groups in total. The number of aliphatic hydroxyl groups excluding tert-OH is 1. The van der Waals surface area contributed by atoms with Crippen LogP contribution in [-0.2, 0) is 5.67 Å². The van der Waals surface area contributed by atoms with Crippen molar-refractivity contribution in [3.63, 3.8) is 0 Å². The monoisotopic (exact) mass is 531 g/mol. The van der Waals surface area contributed by atoms with Gasteiger partial charge in [0.1, 0.15) is 23.9 Å². The summed E-state index contributed by atoms with van der Waals surface area (Å²) in [6.07, 6.45) is 1.30. The van der Waals surface area contributed by atoms with Gasteiger partial charge in [0.2, 0.25) is 0 Å². The molecule has 1 unspecified atom stereocenters. The highest BCUT2D eigenvalue weighted by Crippen LogP contribution is 2.51. The number of benzene rings is 2. The molecule has 3 aromatic rings. The Kier molecular flexibility index (Phi) is 8.29. The van der Waals surface area contributed by atoms with Crippen molar-refractivity contribution in [3.05, 3.63) is 70.6 Å². The predicted octanol–water partition coefficient (Wildman–Crippen LogP) is 6.17. The van der Waals surface area contributed by atoms with Gasteiger partial charge < -0.3 is 19.3 Å². The number of methoxy groups -OCH3 is 2. The van der Waals surface area contributed by atoms with Gasteiger partial charge in [0.15, 0.2) is 23.0 Å². The zero-order chi connectivity index (χ0) is 26.6. The van der Waals surface area contributed by atoms with E-state index in [1.54, 1.807) is 30.3 Å². The number of alkyl halides is 1. The Morgan fingerprint density at radius 1 is 1.08 bits per heavy atom. The van der Waals surface area contributed by atoms with Gasteiger partial charge >= 0.3 is 0 Å². The highest BCUT2D eigenvalue weighted by Gasteiger charge is 2.48. The van der Waals surface area contributed by atoms with Crippen LogP contribution in [0.5, 0.6) is 17.2 Å². The summed E-state index contributed by atoms with van der Waals surface area (Å²) in [5, 5.41) is 8.90. The molecule has 0 bridgehead atoms. The van der Waals surface area contributed by atoms with Crippen LogP contribution in [0.4, 0.5) is 8.78 Å². The molecule has 1 aromatic heterocycles. The van der Waals surface area contributed by atoms with Crippen LogP contribution in [0, 0.1) is 11.7 Å². The number of hydrogen-bond acceptors (Lipinski definition) is 6. The third kappa shape index (κ3) is 5.86. The molecule has 1 fully saturated rings. The molecule has 0 radical (unpaired) electrons. The lowest BCUT2D eigenvalue weighted by Gasteiger charge is -2.26. The molecule has 0 aliphatic heterocycles. The molecule has 9 heteroatoms. The van der Waals surface area contributed by atoms with E-state index < -0.39 is 11.5 Å². The second kappa shape index (κ2) is 11.4. The van der Waals surface area contributed by atoms with Crippen LogP contribution in [0.15, 0.2) is 48.5 Å². The first-order valence-corrected chi connectivity index (χ1v) is 12.3. The summed E-state index contributed by atoms with van der Waals surface area (Å²) < 4.78 is 46.4. The number of aliphatic hydroxyl groups is 1. The predicted molar refractivity (Wildman–Crippen MR) is 136 cm³/mol. The fourth-order valence-electron chi connectivity index (χ4n) is 4.33. The number of nitrogens with zero attached hydrogens (tertiary/aromatic N) is 1. The Bertz CT molecular complexity index is 1280. The maximum atomic E-state index is 16.6. The SMILES string of the molecule is COc1cc(C(=O)CCC(F)(c2ccc(OC)c(-c3ccc(F)c(Cl)c3)n2)C2CC2)ccc1OCCO. The summed E-state index contributed by atoms with van der Waals surface area (Å²) in [5.41, 5.74) is -0.413. The van der Waals surface area contributed by atoms with Crippen LogP contribution >= 0.6 is 11.6 Å². The highest BCUT2D eigenvalue weighted by atomic mass is 35.5. The van der Waals surface area contributed by atoms with Crippen molar-refractivity contribution in [3.8, 4) is 28.5 Å². The molecule has 1 saturated carbocycles. The summed E-state index contributed by atoms with van der Waals surface area (Å²) in [6, 6.07) is 12.1. The fourth-order valence-corrected chi connectivity index (χ4v) is 4.51. The number of Topliss-reactive ketones (excluding diaryl/α,β-unsaturated/α-hetero) is 1. The van der Waals surface area contributed by atoms with Crippen LogP contribution in [0.1, 0.15) is 41.7 Å². The number of hydrogen-bond donors (Lipinski definition) is 1. The van der Waals surface area contributed by atoms with E-state index >= 15 is 4.39 Å². The molecule has 1 aliphatic carbocycles. The minimum absolute atomic E-state index is 0.0432. The number of rotatable bonds is 12. The van der Waals surface area contributed by atoms with Gasteiger partial charge in [-0.2, -0.15) is 0 Å². The molecular weight excluding hydrogens is 504 g/mol. The number of ether oxygens (including phenoxy) is 3. The van der Waals surface area contributed by atoms with Crippen LogP contribution < -0.4 is 14.2 Å². The Morgan fingerprint density at radius 2 is 1.81 bits per heavy atom. The van der Waals surface area contributed by atoms with E-state index in [1.807, 2.05) is 0 Å². The zero-order valence-electron chi connectivity index (χ0n) is 20.6. The minimum Gasteiger partial charge on any atom is -0.494 e. The lowest BCUT2D eigenvalue weighted by Crippen LogP contribution is -2.26. The molecule has 0 amide bonds. The van der Waals surface area contributed by atoms with Gasteiger partial charge in [0.25, 0.3) is 0 Å². The first-order chi connectivity index (χ1) is 17.8. The smallest absolute Gasteiger partial charge is 0.163 e. The molecular formula is C28H28ClF2NO5. The molecule has 2 aromatic carbocycles. The van der Waals surface area contributed by atoms with E-state index in [9.17, 15) is 9.18 Å². The van der Waals surface area contributed by atoms with Crippen LogP contribution in [-0.4, -0.2) is 43.3 Å². The molecule has 0 saturated heterocycles. The number of aromatic nitrogens is 1. The lowest BCUT2D eigenvalue weighted by atomic mass is 9.87. The summed E-state index contributed by atoms with van der Waals surface area (Å²) >= 11 is 5.97. The van der Waals surface area contributed by atoms with Crippen molar-refractivity contribution in [1.82, 2.24) is 4.98 Å². The average Bonchev–Trinajstić information content (AvgIpc) is 3.77. The van der Waals surface area contributed by atoms with Crippen molar-refractivity contribution in [2.75, 3.05) is 27.4 Å². The van der Waals surface area contributed by atoms with Gasteiger partial charge in [-0.25, -0.2) is 13.8 Å². The third-order valence-corrected chi connectivity index (χ3v) is 6.76. The van der Waals surface area contributed by atoms with Gasteiger partial charge in [-0.05, 0) is 73.7 Å². The van der Waals surface area contributed by atoms with Gasteiger partial charge in [-0.3, -0.25) is 4.79 Å². The molecule has 1 heterocycles. The zero-order valence-corrected chi connectivity index (χ0v) is 21.4. The maximum Gasteiger partial charge on any atom is 0.163 e. The Labute approximate surface area is 219 Å². The summed E-state index contributed by atoms with van der Waals surface area (Å²) in [6.45, 7) is -0.0602. The molecule has 0 spiro atoms. The summed E-state index contributed by atoms with van der Waals surface area (Å²) in [5.74, 6) is 0.0929. The fraction of sp³-hybridized carbons (Fsp3) is 0.357. The van der Waals surface area contributed by atoms with E-state index in [2.05, 4.69) is 4.98 Å². The summed E-state index contributed by atoms with van der Waals surface area (Å²) in [7, 11) is 2.93. The largest absolute Gasteiger partial charge is 0.494 e. The first kappa shape index (κ1) is 26.8. The number of ketones is 1. The van der Waals surface area contributed by atoms with Gasteiger partial charge in [-0.15, -0.1) is 0 Å². The maximum absolute atomic E-state index is 16.6. The molecule has 196 valence electrons. The molecule has 1 atom stereocenters. The van der Waals surface area contributed by atoms with Crippen LogP contribution in [0.3, 0.4) is 0 Å². The topological polar surface area (TPSA) is 77.9 Å². The highest BCUT2D eigenvalue weighted by molar-refractivity contribution is 6.31. The van der Waals surface area contributed by atoms with Crippen molar-refractivity contribution in [2.24, 2.45) is 5.92 Å².